The molecule has 4 nitrogen and oxygen atoms in total. The summed E-state index contributed by atoms with van der Waals surface area (Å²) in [5.41, 5.74) is 4.42. The van der Waals surface area contributed by atoms with Crippen LogP contribution in [0.15, 0.2) is 27.7 Å². The molecule has 0 amide bonds. The standard InChI is InChI=1S/C14H13BrF2N2O2S/c1-21-11(20)14-5-10(14)13(6-16,19-12(18)22-14)8-4-7(15)2-3-9(8)17/h2-4,10H,5-6H2,1H3,(H2,18,19). The van der Waals surface area contributed by atoms with Gasteiger partial charge in [-0.2, -0.15) is 0 Å². The molecule has 3 unspecified atom stereocenters. The molecule has 8 heteroatoms. The molecule has 0 radical (unpaired) electrons. The first-order valence-electron chi connectivity index (χ1n) is 6.54. The van der Waals surface area contributed by atoms with Gasteiger partial charge in [0.15, 0.2) is 5.17 Å². The minimum absolute atomic E-state index is 0.0659. The molecule has 1 aliphatic heterocycles. The number of carbonyl (C=O) groups excluding carboxylic acids is 1. The van der Waals surface area contributed by atoms with E-state index in [9.17, 15) is 13.6 Å². The van der Waals surface area contributed by atoms with Gasteiger partial charge in [-0.25, -0.2) is 13.8 Å². The molecule has 1 aromatic rings. The number of aliphatic imine (C=N–C) groups is 1. The minimum atomic E-state index is -1.49. The third kappa shape index (κ3) is 2.07. The third-order valence-electron chi connectivity index (χ3n) is 4.21. The second-order valence-corrected chi connectivity index (χ2v) is 7.64. The summed E-state index contributed by atoms with van der Waals surface area (Å²) < 4.78 is 32.8. The molecular weight excluding hydrogens is 378 g/mol. The number of esters is 1. The van der Waals surface area contributed by atoms with Gasteiger partial charge in [0.2, 0.25) is 0 Å². The lowest BCUT2D eigenvalue weighted by atomic mass is 9.85. The number of alkyl halides is 1. The highest BCUT2D eigenvalue weighted by atomic mass is 79.9. The first-order valence-corrected chi connectivity index (χ1v) is 8.15. The van der Waals surface area contributed by atoms with Gasteiger partial charge in [-0.3, -0.25) is 4.79 Å². The second-order valence-electron chi connectivity index (χ2n) is 5.37. The van der Waals surface area contributed by atoms with Crippen LogP contribution in [0.5, 0.6) is 0 Å². The van der Waals surface area contributed by atoms with Crippen molar-refractivity contribution in [2.45, 2.75) is 16.7 Å². The smallest absolute Gasteiger partial charge is 0.322 e. The van der Waals surface area contributed by atoms with Crippen molar-refractivity contribution in [3.8, 4) is 0 Å². The van der Waals surface area contributed by atoms with Crippen LogP contribution in [-0.4, -0.2) is 29.7 Å². The molecule has 3 rings (SSSR count). The molecule has 1 aromatic carbocycles. The molecule has 2 aliphatic rings. The lowest BCUT2D eigenvalue weighted by Crippen LogP contribution is -2.43. The van der Waals surface area contributed by atoms with Crippen LogP contribution in [0.1, 0.15) is 12.0 Å². The first-order chi connectivity index (χ1) is 10.4. The highest BCUT2D eigenvalue weighted by Gasteiger charge is 2.73. The minimum Gasteiger partial charge on any atom is -0.468 e. The maximum Gasteiger partial charge on any atom is 0.322 e. The number of hydrogen-bond donors (Lipinski definition) is 1. The summed E-state index contributed by atoms with van der Waals surface area (Å²) in [6, 6.07) is 4.25. The van der Waals surface area contributed by atoms with Gasteiger partial charge < -0.3 is 10.5 Å². The van der Waals surface area contributed by atoms with E-state index in [-0.39, 0.29) is 10.7 Å². The number of nitrogens with two attached hydrogens (primary N) is 1. The van der Waals surface area contributed by atoms with Crippen LogP contribution in [0.2, 0.25) is 0 Å². The van der Waals surface area contributed by atoms with E-state index < -0.39 is 34.7 Å². The summed E-state index contributed by atoms with van der Waals surface area (Å²) in [6.07, 6.45) is 0.352. The normalized spacial score (nSPS) is 32.9. The zero-order chi connectivity index (χ0) is 16.1. The van der Waals surface area contributed by atoms with Crippen LogP contribution in [-0.2, 0) is 15.1 Å². The van der Waals surface area contributed by atoms with Crippen molar-refractivity contribution < 1.29 is 18.3 Å². The van der Waals surface area contributed by atoms with Crippen molar-refractivity contribution in [3.05, 3.63) is 34.1 Å². The highest BCUT2D eigenvalue weighted by molar-refractivity contribution is 9.10. The number of thioether (sulfide) groups is 1. The van der Waals surface area contributed by atoms with Crippen molar-refractivity contribution in [1.29, 1.82) is 0 Å². The van der Waals surface area contributed by atoms with E-state index in [1.807, 2.05) is 0 Å². The summed E-state index contributed by atoms with van der Waals surface area (Å²) in [4.78, 5) is 16.3. The van der Waals surface area contributed by atoms with Gasteiger partial charge in [-0.1, -0.05) is 27.7 Å². The van der Waals surface area contributed by atoms with Gasteiger partial charge >= 0.3 is 5.97 Å². The SMILES string of the molecule is COC(=O)C12CC1C(CF)(c1cc(Br)ccc1F)N=C(N)S2. The van der Waals surface area contributed by atoms with Gasteiger partial charge in [-0.15, -0.1) is 0 Å². The summed E-state index contributed by atoms with van der Waals surface area (Å²) in [5, 5.41) is 0.0659. The Morgan fingerprint density at radius 1 is 1.64 bits per heavy atom. The number of rotatable bonds is 3. The summed E-state index contributed by atoms with van der Waals surface area (Å²) in [6.45, 7) is -0.939. The predicted molar refractivity (Wildman–Crippen MR) is 83.8 cm³/mol. The van der Waals surface area contributed by atoms with E-state index in [2.05, 4.69) is 20.9 Å². The monoisotopic (exact) mass is 390 g/mol. The van der Waals surface area contributed by atoms with Gasteiger partial charge in [0, 0.05) is 16.0 Å². The fourth-order valence-corrected chi connectivity index (χ4v) is 4.80. The lowest BCUT2D eigenvalue weighted by Gasteiger charge is -2.34. The number of halogens is 3. The van der Waals surface area contributed by atoms with E-state index >= 15 is 0 Å². The van der Waals surface area contributed by atoms with Crippen molar-refractivity contribution in [1.82, 2.24) is 0 Å². The Morgan fingerprint density at radius 3 is 3.00 bits per heavy atom. The van der Waals surface area contributed by atoms with E-state index in [0.717, 1.165) is 11.8 Å². The van der Waals surface area contributed by atoms with Gasteiger partial charge in [-0.05, 0) is 24.6 Å². The van der Waals surface area contributed by atoms with Gasteiger partial charge in [0.05, 0.1) is 7.11 Å². The number of hydrogen-bond acceptors (Lipinski definition) is 5. The number of fused-ring (bicyclic) bond motifs is 1. The molecular formula is C14H13BrF2N2O2S. The molecule has 0 saturated heterocycles. The number of nitrogens with zero attached hydrogens (tertiary/aromatic N) is 1. The fraction of sp³-hybridized carbons (Fsp3) is 0.429. The zero-order valence-electron chi connectivity index (χ0n) is 11.6. The summed E-state index contributed by atoms with van der Waals surface area (Å²) in [5.74, 6) is -1.54. The Balaban J connectivity index is 2.16. The Kier molecular flexibility index (Phi) is 3.71. The van der Waals surface area contributed by atoms with Crippen LogP contribution in [0.25, 0.3) is 0 Å². The van der Waals surface area contributed by atoms with Crippen molar-refractivity contribution in [2.24, 2.45) is 16.6 Å². The van der Waals surface area contributed by atoms with E-state index in [4.69, 9.17) is 10.5 Å². The van der Waals surface area contributed by atoms with Crippen LogP contribution in [0.3, 0.4) is 0 Å². The van der Waals surface area contributed by atoms with Crippen LogP contribution >= 0.6 is 27.7 Å². The molecule has 1 aliphatic carbocycles. The largest absolute Gasteiger partial charge is 0.468 e. The Morgan fingerprint density at radius 2 is 2.36 bits per heavy atom. The number of ether oxygens (including phenoxy) is 1. The van der Waals surface area contributed by atoms with Gasteiger partial charge in [0.25, 0.3) is 0 Å². The molecule has 0 bridgehead atoms. The second kappa shape index (κ2) is 5.19. The van der Waals surface area contributed by atoms with Crippen molar-refractivity contribution >= 4 is 38.8 Å². The Labute approximate surface area is 138 Å². The van der Waals surface area contributed by atoms with Crippen molar-refractivity contribution in [3.63, 3.8) is 0 Å². The van der Waals surface area contributed by atoms with E-state index in [1.165, 1.54) is 25.3 Å². The molecule has 0 spiro atoms. The molecule has 22 heavy (non-hydrogen) atoms. The first kappa shape index (κ1) is 15.7. The average Bonchev–Trinajstić information content (AvgIpc) is 3.24. The maximum absolute atomic E-state index is 14.3. The third-order valence-corrected chi connectivity index (χ3v) is 5.99. The molecule has 2 N–H and O–H groups in total. The molecule has 1 saturated carbocycles. The Bertz CT molecular complexity index is 687. The summed E-state index contributed by atoms with van der Waals surface area (Å²) in [7, 11) is 1.27. The number of benzene rings is 1. The molecule has 118 valence electrons. The molecule has 1 heterocycles. The fourth-order valence-electron chi connectivity index (χ4n) is 3.11. The quantitative estimate of drug-likeness (QED) is 0.805. The number of methoxy groups -OCH3 is 1. The highest BCUT2D eigenvalue weighted by Crippen LogP contribution is 2.66. The van der Waals surface area contributed by atoms with Crippen LogP contribution in [0, 0.1) is 11.7 Å². The van der Waals surface area contributed by atoms with E-state index in [0.29, 0.717) is 10.9 Å². The predicted octanol–water partition coefficient (Wildman–Crippen LogP) is 2.75. The summed E-state index contributed by atoms with van der Waals surface area (Å²) >= 11 is 4.33. The number of amidine groups is 1. The average molecular weight is 391 g/mol. The van der Waals surface area contributed by atoms with Gasteiger partial charge in [0.1, 0.15) is 22.8 Å². The Hall–Kier alpha value is -1.15. The number of carbonyl (C=O) groups is 1. The topological polar surface area (TPSA) is 64.7 Å². The maximum atomic E-state index is 14.3. The molecule has 3 atom stereocenters. The zero-order valence-corrected chi connectivity index (χ0v) is 14.0. The van der Waals surface area contributed by atoms with Crippen LogP contribution in [0.4, 0.5) is 8.78 Å². The van der Waals surface area contributed by atoms with Crippen molar-refractivity contribution in [2.75, 3.05) is 13.8 Å². The van der Waals surface area contributed by atoms with Crippen LogP contribution < -0.4 is 5.73 Å². The molecule has 0 aromatic heterocycles. The van der Waals surface area contributed by atoms with E-state index in [1.54, 1.807) is 0 Å². The molecule has 1 fully saturated rings. The lowest BCUT2D eigenvalue weighted by molar-refractivity contribution is -0.141.